The van der Waals surface area contributed by atoms with Gasteiger partial charge in [-0.1, -0.05) is 27.7 Å². The summed E-state index contributed by atoms with van der Waals surface area (Å²) in [6.07, 6.45) is 0.876. The number of hydrogen-bond donors (Lipinski definition) is 2. The summed E-state index contributed by atoms with van der Waals surface area (Å²) in [6, 6.07) is 0.112. The van der Waals surface area contributed by atoms with E-state index in [1.165, 1.54) is 0 Å². The van der Waals surface area contributed by atoms with Crippen LogP contribution < -0.4 is 11.1 Å². The largest absolute Gasteiger partial charge is 0.352 e. The lowest BCUT2D eigenvalue weighted by atomic mass is 10.0. The fourth-order valence-corrected chi connectivity index (χ4v) is 1.01. The molecule has 1 amide bonds. The molecule has 3 heteroatoms. The molecule has 0 aromatic carbocycles. The van der Waals surface area contributed by atoms with Crippen LogP contribution in [0.4, 0.5) is 0 Å². The molecule has 0 aliphatic heterocycles. The van der Waals surface area contributed by atoms with E-state index in [9.17, 15) is 4.79 Å². The van der Waals surface area contributed by atoms with Crippen molar-refractivity contribution in [2.75, 3.05) is 6.54 Å². The minimum atomic E-state index is 0.0906. The fraction of sp³-hybridized carbons (Fsp3) is 0.900. The first kappa shape index (κ1) is 12.4. The summed E-state index contributed by atoms with van der Waals surface area (Å²) in [6.45, 7) is 8.59. The number of carbonyl (C=O) groups is 1. The van der Waals surface area contributed by atoms with E-state index in [0.29, 0.717) is 12.5 Å². The standard InChI is InChI=1S/C10H22N2O/c1-5-8(4)10(13)12-9(6-11)7(2)3/h7-9H,5-6,11H2,1-4H3,(H,12,13). The van der Waals surface area contributed by atoms with Gasteiger partial charge in [-0.15, -0.1) is 0 Å². The summed E-state index contributed by atoms with van der Waals surface area (Å²) in [5.74, 6) is 0.609. The summed E-state index contributed by atoms with van der Waals surface area (Å²) >= 11 is 0. The van der Waals surface area contributed by atoms with Crippen molar-refractivity contribution < 1.29 is 4.79 Å². The van der Waals surface area contributed by atoms with Crippen LogP contribution in [0.2, 0.25) is 0 Å². The van der Waals surface area contributed by atoms with E-state index in [0.717, 1.165) is 6.42 Å². The van der Waals surface area contributed by atoms with Crippen LogP contribution >= 0.6 is 0 Å². The summed E-state index contributed by atoms with van der Waals surface area (Å²) in [5, 5.41) is 2.95. The van der Waals surface area contributed by atoms with Gasteiger partial charge in [0.15, 0.2) is 0 Å². The van der Waals surface area contributed by atoms with Gasteiger partial charge < -0.3 is 11.1 Å². The zero-order chi connectivity index (χ0) is 10.4. The Morgan fingerprint density at radius 1 is 1.38 bits per heavy atom. The predicted molar refractivity (Wildman–Crippen MR) is 55.3 cm³/mol. The van der Waals surface area contributed by atoms with Crippen molar-refractivity contribution >= 4 is 5.91 Å². The summed E-state index contributed by atoms with van der Waals surface area (Å²) in [5.41, 5.74) is 5.55. The van der Waals surface area contributed by atoms with Gasteiger partial charge >= 0.3 is 0 Å². The zero-order valence-electron chi connectivity index (χ0n) is 9.13. The minimum absolute atomic E-state index is 0.0906. The van der Waals surface area contributed by atoms with Gasteiger partial charge in [-0.3, -0.25) is 4.79 Å². The molecule has 0 saturated carbocycles. The maximum absolute atomic E-state index is 11.5. The van der Waals surface area contributed by atoms with Gasteiger partial charge in [0.25, 0.3) is 0 Å². The van der Waals surface area contributed by atoms with E-state index in [1.807, 2.05) is 13.8 Å². The first-order chi connectivity index (χ1) is 6.02. The van der Waals surface area contributed by atoms with Crippen molar-refractivity contribution in [2.45, 2.75) is 40.2 Å². The maximum Gasteiger partial charge on any atom is 0.223 e. The molecule has 0 fully saturated rings. The van der Waals surface area contributed by atoms with Gasteiger partial charge in [0, 0.05) is 18.5 Å². The van der Waals surface area contributed by atoms with Crippen LogP contribution in [-0.4, -0.2) is 18.5 Å². The Labute approximate surface area is 81.1 Å². The van der Waals surface area contributed by atoms with Gasteiger partial charge in [0.1, 0.15) is 0 Å². The molecule has 0 radical (unpaired) electrons. The number of nitrogens with two attached hydrogens (primary N) is 1. The molecule has 0 aliphatic rings. The van der Waals surface area contributed by atoms with Crippen LogP contribution in [0.25, 0.3) is 0 Å². The highest BCUT2D eigenvalue weighted by atomic mass is 16.1. The number of rotatable bonds is 5. The number of nitrogens with one attached hydrogen (secondary N) is 1. The van der Waals surface area contributed by atoms with E-state index in [4.69, 9.17) is 5.73 Å². The second-order valence-electron chi connectivity index (χ2n) is 3.90. The molecule has 0 saturated heterocycles. The smallest absolute Gasteiger partial charge is 0.223 e. The SMILES string of the molecule is CCC(C)C(=O)NC(CN)C(C)C. The molecule has 0 aliphatic carbocycles. The average Bonchev–Trinajstić information content (AvgIpc) is 2.11. The van der Waals surface area contributed by atoms with Gasteiger partial charge in [0.05, 0.1) is 0 Å². The molecular weight excluding hydrogens is 164 g/mol. The lowest BCUT2D eigenvalue weighted by Crippen LogP contribution is -2.45. The Hall–Kier alpha value is -0.570. The lowest BCUT2D eigenvalue weighted by Gasteiger charge is -2.22. The number of hydrogen-bond acceptors (Lipinski definition) is 2. The second kappa shape index (κ2) is 5.97. The molecule has 2 unspecified atom stereocenters. The Bertz CT molecular complexity index is 157. The highest BCUT2D eigenvalue weighted by Gasteiger charge is 2.17. The minimum Gasteiger partial charge on any atom is -0.352 e. The van der Waals surface area contributed by atoms with Crippen LogP contribution in [0.5, 0.6) is 0 Å². The van der Waals surface area contributed by atoms with Crippen LogP contribution in [0.3, 0.4) is 0 Å². The van der Waals surface area contributed by atoms with Gasteiger partial charge in [-0.25, -0.2) is 0 Å². The molecule has 78 valence electrons. The Morgan fingerprint density at radius 3 is 2.23 bits per heavy atom. The quantitative estimate of drug-likeness (QED) is 0.676. The highest BCUT2D eigenvalue weighted by Crippen LogP contribution is 2.04. The number of carbonyl (C=O) groups excluding carboxylic acids is 1. The van der Waals surface area contributed by atoms with E-state index in [-0.39, 0.29) is 17.9 Å². The fourth-order valence-electron chi connectivity index (χ4n) is 1.01. The van der Waals surface area contributed by atoms with Crippen LogP contribution in [-0.2, 0) is 4.79 Å². The molecule has 13 heavy (non-hydrogen) atoms. The zero-order valence-corrected chi connectivity index (χ0v) is 9.13. The average molecular weight is 186 g/mol. The molecular formula is C10H22N2O. The Balaban J connectivity index is 4.01. The van der Waals surface area contributed by atoms with Crippen molar-refractivity contribution in [1.29, 1.82) is 0 Å². The lowest BCUT2D eigenvalue weighted by molar-refractivity contribution is -0.125. The molecule has 2 atom stereocenters. The van der Waals surface area contributed by atoms with E-state index in [2.05, 4.69) is 19.2 Å². The van der Waals surface area contributed by atoms with Crippen LogP contribution in [0, 0.1) is 11.8 Å². The Kier molecular flexibility index (Phi) is 5.71. The molecule has 3 nitrogen and oxygen atoms in total. The third-order valence-corrected chi connectivity index (χ3v) is 2.45. The Morgan fingerprint density at radius 2 is 1.92 bits per heavy atom. The first-order valence-corrected chi connectivity index (χ1v) is 5.03. The molecule has 0 spiro atoms. The predicted octanol–water partition coefficient (Wildman–Crippen LogP) is 1.13. The van der Waals surface area contributed by atoms with Crippen molar-refractivity contribution in [1.82, 2.24) is 5.32 Å². The molecule has 0 rings (SSSR count). The third-order valence-electron chi connectivity index (χ3n) is 2.45. The summed E-state index contributed by atoms with van der Waals surface area (Å²) in [4.78, 5) is 11.5. The maximum atomic E-state index is 11.5. The number of amides is 1. The van der Waals surface area contributed by atoms with Crippen LogP contribution in [0.15, 0.2) is 0 Å². The monoisotopic (exact) mass is 186 g/mol. The third kappa shape index (κ3) is 4.27. The molecule has 0 bridgehead atoms. The normalized spacial score (nSPS) is 15.5. The first-order valence-electron chi connectivity index (χ1n) is 5.03. The molecule has 0 heterocycles. The van der Waals surface area contributed by atoms with Gasteiger partial charge in [-0.05, 0) is 12.3 Å². The molecule has 3 N–H and O–H groups in total. The topological polar surface area (TPSA) is 55.1 Å². The van der Waals surface area contributed by atoms with Crippen molar-refractivity contribution in [3.63, 3.8) is 0 Å². The van der Waals surface area contributed by atoms with Crippen molar-refractivity contribution in [3.8, 4) is 0 Å². The molecule has 0 aromatic rings. The van der Waals surface area contributed by atoms with Crippen LogP contribution in [0.1, 0.15) is 34.1 Å². The van der Waals surface area contributed by atoms with Crippen molar-refractivity contribution in [2.24, 2.45) is 17.6 Å². The highest BCUT2D eigenvalue weighted by molar-refractivity contribution is 5.78. The summed E-state index contributed by atoms with van der Waals surface area (Å²) < 4.78 is 0. The molecule has 0 aromatic heterocycles. The summed E-state index contributed by atoms with van der Waals surface area (Å²) in [7, 11) is 0. The van der Waals surface area contributed by atoms with E-state index < -0.39 is 0 Å². The van der Waals surface area contributed by atoms with Crippen molar-refractivity contribution in [3.05, 3.63) is 0 Å². The van der Waals surface area contributed by atoms with E-state index in [1.54, 1.807) is 0 Å². The van der Waals surface area contributed by atoms with Gasteiger partial charge in [0.2, 0.25) is 5.91 Å². The van der Waals surface area contributed by atoms with Gasteiger partial charge in [-0.2, -0.15) is 0 Å². The van der Waals surface area contributed by atoms with E-state index >= 15 is 0 Å². The second-order valence-corrected chi connectivity index (χ2v) is 3.90.